The molecule has 2 aromatic carbocycles. The first kappa shape index (κ1) is 19.8. The van der Waals surface area contributed by atoms with Gasteiger partial charge in [0.05, 0.1) is 5.92 Å². The number of hydrogen-bond donors (Lipinski definition) is 1. The van der Waals surface area contributed by atoms with Crippen molar-refractivity contribution in [2.45, 2.75) is 39.2 Å². The Balaban J connectivity index is 1.79. The van der Waals surface area contributed by atoms with Crippen LogP contribution in [0.3, 0.4) is 0 Å². The number of ketones is 1. The lowest BCUT2D eigenvalue weighted by atomic mass is 9.68. The minimum atomic E-state index is -0.599. The lowest BCUT2D eigenvalue weighted by Crippen LogP contribution is -2.36. The number of nitrogens with zero attached hydrogens (tertiary/aromatic N) is 1. The van der Waals surface area contributed by atoms with Crippen LogP contribution in [0.2, 0.25) is 0 Å². The van der Waals surface area contributed by atoms with E-state index in [-0.39, 0.29) is 17.2 Å². The van der Waals surface area contributed by atoms with Crippen molar-refractivity contribution < 1.29 is 14.3 Å². The topological polar surface area (TPSA) is 85.3 Å². The summed E-state index contributed by atoms with van der Waals surface area (Å²) in [5, 5.41) is 9.86. The normalized spacial score (nSPS) is 20.3. The largest absolute Gasteiger partial charge is 0.489 e. The first-order valence-corrected chi connectivity index (χ1v) is 10.0. The van der Waals surface area contributed by atoms with Crippen LogP contribution >= 0.6 is 0 Å². The van der Waals surface area contributed by atoms with Gasteiger partial charge in [-0.25, -0.2) is 0 Å². The molecule has 1 heterocycles. The van der Waals surface area contributed by atoms with Gasteiger partial charge in [-0.1, -0.05) is 62.4 Å². The molecule has 0 saturated carbocycles. The average molecular weight is 400 g/mol. The number of hydrogen-bond acceptors (Lipinski definition) is 5. The Morgan fingerprint density at radius 2 is 1.87 bits per heavy atom. The first-order valence-electron chi connectivity index (χ1n) is 10.0. The summed E-state index contributed by atoms with van der Waals surface area (Å²) in [5.41, 5.74) is 8.12. The molecule has 2 aliphatic rings. The summed E-state index contributed by atoms with van der Waals surface area (Å²) in [6.07, 6.45) is 1.29. The second-order valence-corrected chi connectivity index (χ2v) is 8.29. The number of ether oxygens (including phenoxy) is 2. The lowest BCUT2D eigenvalue weighted by molar-refractivity contribution is -0.125. The molecule has 0 amide bonds. The second-order valence-electron chi connectivity index (χ2n) is 8.29. The predicted molar refractivity (Wildman–Crippen MR) is 113 cm³/mol. The summed E-state index contributed by atoms with van der Waals surface area (Å²) in [4.78, 5) is 13.4. The molecule has 0 spiro atoms. The average Bonchev–Trinajstić information content (AvgIpc) is 2.75. The van der Waals surface area contributed by atoms with Gasteiger partial charge in [0.15, 0.2) is 5.78 Å². The third kappa shape index (κ3) is 3.46. The van der Waals surface area contributed by atoms with E-state index in [1.54, 1.807) is 0 Å². The summed E-state index contributed by atoms with van der Waals surface area (Å²) >= 11 is 0. The van der Waals surface area contributed by atoms with E-state index >= 15 is 0 Å². The van der Waals surface area contributed by atoms with E-state index in [9.17, 15) is 10.1 Å². The Kier molecular flexibility index (Phi) is 5.09. The number of Topliss-reactive ketones (excluding diaryl/α,β-unsaturated/α-hetero) is 1. The van der Waals surface area contributed by atoms with E-state index < -0.39 is 11.3 Å². The maximum absolute atomic E-state index is 13.4. The molecule has 0 saturated heterocycles. The Hall–Kier alpha value is -3.52. The number of nitrogens with two attached hydrogens (primary N) is 1. The van der Waals surface area contributed by atoms with Crippen LogP contribution in [0.15, 0.2) is 77.4 Å². The fourth-order valence-electron chi connectivity index (χ4n) is 4.05. The lowest BCUT2D eigenvalue weighted by Gasteiger charge is -2.37. The molecule has 2 aromatic rings. The van der Waals surface area contributed by atoms with Crippen LogP contribution in [-0.2, 0) is 16.1 Å². The standard InChI is InChI=1S/C25H24N2O3/c1-25(2)13-12-20-22(23(25)28)21(18(14-26)24(27)30-20)17-10-6-7-11-19(17)29-15-16-8-4-3-5-9-16/h3-11,21H,12-13,15,27H2,1-2H3/t21-/m1/s1. The summed E-state index contributed by atoms with van der Waals surface area (Å²) in [6.45, 7) is 4.25. The number of allylic oxidation sites excluding steroid dienone is 3. The van der Waals surface area contributed by atoms with Crippen molar-refractivity contribution in [3.8, 4) is 11.8 Å². The van der Waals surface area contributed by atoms with Gasteiger partial charge >= 0.3 is 0 Å². The smallest absolute Gasteiger partial charge is 0.205 e. The van der Waals surface area contributed by atoms with E-state index in [1.165, 1.54) is 0 Å². The van der Waals surface area contributed by atoms with Crippen molar-refractivity contribution in [3.05, 3.63) is 88.5 Å². The predicted octanol–water partition coefficient (Wildman–Crippen LogP) is 4.72. The molecule has 30 heavy (non-hydrogen) atoms. The van der Waals surface area contributed by atoms with Crippen molar-refractivity contribution in [3.63, 3.8) is 0 Å². The maximum Gasteiger partial charge on any atom is 0.205 e. The quantitative estimate of drug-likeness (QED) is 0.803. The van der Waals surface area contributed by atoms with E-state index in [1.807, 2.05) is 68.4 Å². The van der Waals surface area contributed by atoms with Gasteiger partial charge in [0.1, 0.15) is 29.8 Å². The molecule has 0 radical (unpaired) electrons. The summed E-state index contributed by atoms with van der Waals surface area (Å²) in [6, 6.07) is 19.5. The highest BCUT2D eigenvalue weighted by atomic mass is 16.5. The van der Waals surface area contributed by atoms with Gasteiger partial charge in [-0.2, -0.15) is 5.26 Å². The number of carbonyl (C=O) groups is 1. The highest BCUT2D eigenvalue weighted by Crippen LogP contribution is 2.49. The molecule has 5 nitrogen and oxygen atoms in total. The van der Waals surface area contributed by atoms with Crippen molar-refractivity contribution in [1.82, 2.24) is 0 Å². The zero-order chi connectivity index (χ0) is 21.3. The molecule has 1 aliphatic carbocycles. The number of carbonyl (C=O) groups excluding carboxylic acids is 1. The van der Waals surface area contributed by atoms with Crippen LogP contribution in [-0.4, -0.2) is 5.78 Å². The number of rotatable bonds is 4. The Morgan fingerprint density at radius 3 is 2.60 bits per heavy atom. The van der Waals surface area contributed by atoms with Gasteiger partial charge in [-0.15, -0.1) is 0 Å². The SMILES string of the molecule is CC1(C)CCC2=C(C1=O)[C@H](c1ccccc1OCc1ccccc1)C(C#N)=C(N)O2. The fourth-order valence-corrected chi connectivity index (χ4v) is 4.05. The van der Waals surface area contributed by atoms with Crippen molar-refractivity contribution >= 4 is 5.78 Å². The third-order valence-electron chi connectivity index (χ3n) is 5.80. The third-order valence-corrected chi connectivity index (χ3v) is 5.80. The van der Waals surface area contributed by atoms with Gasteiger partial charge in [0.25, 0.3) is 0 Å². The molecule has 1 atom stereocenters. The van der Waals surface area contributed by atoms with Gasteiger partial charge in [-0.05, 0) is 18.1 Å². The molecule has 0 bridgehead atoms. The fraction of sp³-hybridized carbons (Fsp3) is 0.280. The monoisotopic (exact) mass is 400 g/mol. The van der Waals surface area contributed by atoms with E-state index in [2.05, 4.69) is 6.07 Å². The van der Waals surface area contributed by atoms with Gasteiger partial charge in [0, 0.05) is 23.0 Å². The van der Waals surface area contributed by atoms with E-state index in [0.29, 0.717) is 36.5 Å². The highest BCUT2D eigenvalue weighted by molar-refractivity contribution is 6.03. The minimum absolute atomic E-state index is 0.00753. The van der Waals surface area contributed by atoms with Crippen LogP contribution in [0.4, 0.5) is 0 Å². The van der Waals surface area contributed by atoms with Gasteiger partial charge in [0.2, 0.25) is 5.88 Å². The van der Waals surface area contributed by atoms with Gasteiger partial charge in [-0.3, -0.25) is 4.79 Å². The summed E-state index contributed by atoms with van der Waals surface area (Å²) in [7, 11) is 0. The van der Waals surface area contributed by atoms with E-state index in [4.69, 9.17) is 15.2 Å². The molecule has 152 valence electrons. The zero-order valence-electron chi connectivity index (χ0n) is 17.1. The molecule has 0 unspecified atom stereocenters. The summed E-state index contributed by atoms with van der Waals surface area (Å²) in [5.74, 6) is 0.645. The molecule has 1 aliphatic heterocycles. The number of para-hydroxylation sites is 1. The summed E-state index contributed by atoms with van der Waals surface area (Å²) < 4.78 is 11.9. The van der Waals surface area contributed by atoms with Gasteiger partial charge < -0.3 is 15.2 Å². The van der Waals surface area contributed by atoms with Crippen LogP contribution < -0.4 is 10.5 Å². The maximum atomic E-state index is 13.4. The molecule has 2 N–H and O–H groups in total. The first-order chi connectivity index (χ1) is 14.4. The molecule has 4 rings (SSSR count). The second kappa shape index (κ2) is 7.72. The highest BCUT2D eigenvalue weighted by Gasteiger charge is 2.45. The minimum Gasteiger partial charge on any atom is -0.489 e. The Morgan fingerprint density at radius 1 is 1.17 bits per heavy atom. The van der Waals surface area contributed by atoms with E-state index in [0.717, 1.165) is 11.1 Å². The van der Waals surface area contributed by atoms with Crippen LogP contribution in [0.5, 0.6) is 5.75 Å². The van der Waals surface area contributed by atoms with Crippen molar-refractivity contribution in [1.29, 1.82) is 5.26 Å². The van der Waals surface area contributed by atoms with Crippen molar-refractivity contribution in [2.24, 2.45) is 11.1 Å². The number of benzene rings is 2. The van der Waals surface area contributed by atoms with Crippen LogP contribution in [0.25, 0.3) is 0 Å². The molecule has 0 aromatic heterocycles. The Bertz CT molecular complexity index is 1090. The Labute approximate surface area is 176 Å². The molecule has 5 heteroatoms. The van der Waals surface area contributed by atoms with Crippen LogP contribution in [0.1, 0.15) is 43.7 Å². The number of nitriles is 1. The van der Waals surface area contributed by atoms with Crippen molar-refractivity contribution in [2.75, 3.05) is 0 Å². The molecular formula is C25H24N2O3. The zero-order valence-corrected chi connectivity index (χ0v) is 17.1. The molecular weight excluding hydrogens is 376 g/mol. The van der Waals surface area contributed by atoms with Crippen LogP contribution in [0, 0.1) is 16.7 Å². The molecule has 0 fully saturated rings.